The van der Waals surface area contributed by atoms with E-state index in [-0.39, 0.29) is 5.84 Å². The van der Waals surface area contributed by atoms with E-state index >= 15 is 0 Å². The van der Waals surface area contributed by atoms with Crippen molar-refractivity contribution in [1.82, 2.24) is 0 Å². The van der Waals surface area contributed by atoms with Crippen LogP contribution in [0.3, 0.4) is 0 Å². The lowest BCUT2D eigenvalue weighted by Gasteiger charge is -2.22. The topological polar surface area (TPSA) is 87.7 Å². The van der Waals surface area contributed by atoms with Crippen LogP contribution in [-0.2, 0) is 4.79 Å². The molecule has 18 heavy (non-hydrogen) atoms. The van der Waals surface area contributed by atoms with Gasteiger partial charge in [0.25, 0.3) is 0 Å². The molecule has 0 unspecified atom stereocenters. The lowest BCUT2D eigenvalue weighted by molar-refractivity contribution is -0.121. The lowest BCUT2D eigenvalue weighted by atomic mass is 9.91. The maximum atomic E-state index is 13.3. The first-order valence-electron chi connectivity index (χ1n) is 5.04. The Labute approximate surface area is 102 Å². The summed E-state index contributed by atoms with van der Waals surface area (Å²) in [5.41, 5.74) is 3.37. The van der Waals surface area contributed by atoms with Crippen LogP contribution in [0.1, 0.15) is 13.8 Å². The van der Waals surface area contributed by atoms with Crippen molar-refractivity contribution in [3.63, 3.8) is 0 Å². The largest absolute Gasteiger partial charge is 0.409 e. The highest BCUT2D eigenvalue weighted by Gasteiger charge is 2.33. The standard InChI is InChI=1S/C11H13F2N3O2/c1-11(2,9(14)16-18)10(17)15-8-6(12)4-3-5-7(8)13/h3-5,18H,1-2H3,(H2,14,16)(H,15,17). The van der Waals surface area contributed by atoms with Crippen LogP contribution >= 0.6 is 0 Å². The van der Waals surface area contributed by atoms with E-state index in [9.17, 15) is 13.6 Å². The first-order valence-corrected chi connectivity index (χ1v) is 5.04. The van der Waals surface area contributed by atoms with Crippen molar-refractivity contribution in [3.05, 3.63) is 29.8 Å². The highest BCUT2D eigenvalue weighted by Crippen LogP contribution is 2.22. The number of anilines is 1. The lowest BCUT2D eigenvalue weighted by Crippen LogP contribution is -2.42. The maximum absolute atomic E-state index is 13.3. The molecule has 0 aliphatic heterocycles. The van der Waals surface area contributed by atoms with Gasteiger partial charge in [0.15, 0.2) is 5.84 Å². The summed E-state index contributed by atoms with van der Waals surface area (Å²) in [6.45, 7) is 2.71. The first kappa shape index (κ1) is 13.9. The second kappa shape index (κ2) is 4.99. The van der Waals surface area contributed by atoms with Crippen LogP contribution in [0.15, 0.2) is 23.4 Å². The van der Waals surface area contributed by atoms with Crippen LogP contribution in [0.5, 0.6) is 0 Å². The highest BCUT2D eigenvalue weighted by atomic mass is 19.1. The Morgan fingerprint density at radius 2 is 1.89 bits per heavy atom. The molecule has 0 spiro atoms. The van der Waals surface area contributed by atoms with Crippen molar-refractivity contribution in [1.29, 1.82) is 0 Å². The van der Waals surface area contributed by atoms with Gasteiger partial charge in [0.05, 0.1) is 0 Å². The monoisotopic (exact) mass is 257 g/mol. The number of hydrogen-bond acceptors (Lipinski definition) is 3. The maximum Gasteiger partial charge on any atom is 0.237 e. The molecule has 1 aromatic rings. The van der Waals surface area contributed by atoms with Crippen molar-refractivity contribution < 1.29 is 18.8 Å². The van der Waals surface area contributed by atoms with E-state index in [4.69, 9.17) is 10.9 Å². The summed E-state index contributed by atoms with van der Waals surface area (Å²) in [6, 6.07) is 3.19. The number of carbonyl (C=O) groups excluding carboxylic acids is 1. The number of nitrogens with one attached hydrogen (secondary N) is 1. The Hall–Kier alpha value is -2.18. The number of amidine groups is 1. The fourth-order valence-electron chi connectivity index (χ4n) is 1.13. The van der Waals surface area contributed by atoms with Gasteiger partial charge in [-0.1, -0.05) is 11.2 Å². The number of halogens is 2. The number of benzene rings is 1. The van der Waals surface area contributed by atoms with E-state index in [1.54, 1.807) is 0 Å². The molecule has 98 valence electrons. The Balaban J connectivity index is 3.02. The number of hydrogen-bond donors (Lipinski definition) is 3. The van der Waals surface area contributed by atoms with Gasteiger partial charge < -0.3 is 16.3 Å². The Bertz CT molecular complexity index is 481. The third kappa shape index (κ3) is 2.55. The number of oxime groups is 1. The van der Waals surface area contributed by atoms with Gasteiger partial charge >= 0.3 is 0 Å². The average molecular weight is 257 g/mol. The molecule has 0 heterocycles. The first-order chi connectivity index (χ1) is 8.30. The second-order valence-electron chi connectivity index (χ2n) is 4.16. The Morgan fingerprint density at radius 3 is 2.33 bits per heavy atom. The van der Waals surface area contributed by atoms with E-state index in [2.05, 4.69) is 10.5 Å². The molecule has 0 bridgehead atoms. The smallest absolute Gasteiger partial charge is 0.237 e. The zero-order valence-electron chi connectivity index (χ0n) is 9.87. The predicted molar refractivity (Wildman–Crippen MR) is 62.2 cm³/mol. The summed E-state index contributed by atoms with van der Waals surface area (Å²) < 4.78 is 26.6. The summed E-state index contributed by atoms with van der Waals surface area (Å²) >= 11 is 0. The average Bonchev–Trinajstić information content (AvgIpc) is 2.32. The molecule has 0 atom stereocenters. The van der Waals surface area contributed by atoms with Gasteiger partial charge in [-0.25, -0.2) is 8.78 Å². The minimum atomic E-state index is -1.40. The summed E-state index contributed by atoms with van der Waals surface area (Å²) in [4.78, 5) is 11.8. The number of nitrogens with two attached hydrogens (primary N) is 1. The van der Waals surface area contributed by atoms with E-state index < -0.39 is 28.6 Å². The minimum absolute atomic E-state index is 0.364. The van der Waals surface area contributed by atoms with Gasteiger partial charge in [-0.3, -0.25) is 4.79 Å². The molecule has 1 rings (SSSR count). The van der Waals surface area contributed by atoms with Crippen LogP contribution in [-0.4, -0.2) is 17.0 Å². The van der Waals surface area contributed by atoms with Crippen molar-refractivity contribution >= 4 is 17.4 Å². The van der Waals surface area contributed by atoms with Crippen molar-refractivity contribution in [2.24, 2.45) is 16.3 Å². The van der Waals surface area contributed by atoms with Crippen molar-refractivity contribution in [2.45, 2.75) is 13.8 Å². The third-order valence-electron chi connectivity index (χ3n) is 2.52. The van der Waals surface area contributed by atoms with Crippen LogP contribution in [0, 0.1) is 17.0 Å². The highest BCUT2D eigenvalue weighted by molar-refractivity contribution is 6.11. The molecule has 1 amide bonds. The molecule has 1 aromatic carbocycles. The van der Waals surface area contributed by atoms with E-state index in [1.807, 2.05) is 0 Å². The molecule has 4 N–H and O–H groups in total. The predicted octanol–water partition coefficient (Wildman–Crippen LogP) is 1.68. The molecule has 0 aliphatic rings. The van der Waals surface area contributed by atoms with Gasteiger partial charge in [0, 0.05) is 0 Å². The molecule has 0 aromatic heterocycles. The fraction of sp³-hybridized carbons (Fsp3) is 0.273. The van der Waals surface area contributed by atoms with Gasteiger partial charge in [-0.2, -0.15) is 0 Å². The van der Waals surface area contributed by atoms with Crippen LogP contribution in [0.25, 0.3) is 0 Å². The molecule has 7 heteroatoms. The minimum Gasteiger partial charge on any atom is -0.409 e. The van der Waals surface area contributed by atoms with Gasteiger partial charge in [0.1, 0.15) is 22.7 Å². The van der Waals surface area contributed by atoms with Gasteiger partial charge in [-0.15, -0.1) is 0 Å². The van der Waals surface area contributed by atoms with Crippen molar-refractivity contribution in [2.75, 3.05) is 5.32 Å². The molecular formula is C11H13F2N3O2. The quantitative estimate of drug-likeness (QED) is 0.333. The summed E-state index contributed by atoms with van der Waals surface area (Å²) in [5, 5.41) is 13.3. The molecule has 0 fully saturated rings. The van der Waals surface area contributed by atoms with Gasteiger partial charge in [-0.05, 0) is 26.0 Å². The number of amides is 1. The normalized spacial score (nSPS) is 12.3. The number of rotatable bonds is 3. The van der Waals surface area contributed by atoms with Crippen LogP contribution in [0.2, 0.25) is 0 Å². The zero-order valence-corrected chi connectivity index (χ0v) is 9.87. The summed E-state index contributed by atoms with van der Waals surface area (Å²) in [7, 11) is 0. The summed E-state index contributed by atoms with van der Waals surface area (Å²) in [6.07, 6.45) is 0. The molecule has 0 radical (unpaired) electrons. The van der Waals surface area contributed by atoms with E-state index in [1.165, 1.54) is 19.9 Å². The van der Waals surface area contributed by atoms with E-state index in [0.717, 1.165) is 12.1 Å². The number of nitrogens with zero attached hydrogens (tertiary/aromatic N) is 1. The van der Waals surface area contributed by atoms with Crippen molar-refractivity contribution in [3.8, 4) is 0 Å². The molecule has 0 aliphatic carbocycles. The molecule has 5 nitrogen and oxygen atoms in total. The molecule has 0 saturated heterocycles. The number of carbonyl (C=O) groups is 1. The third-order valence-corrected chi connectivity index (χ3v) is 2.52. The summed E-state index contributed by atoms with van der Waals surface area (Å²) in [5.74, 6) is -2.96. The van der Waals surface area contributed by atoms with E-state index in [0.29, 0.717) is 0 Å². The molecule has 0 saturated carbocycles. The second-order valence-corrected chi connectivity index (χ2v) is 4.16. The molecular weight excluding hydrogens is 244 g/mol. The number of para-hydroxylation sites is 1. The SMILES string of the molecule is CC(C)(C(=O)Nc1c(F)cccc1F)C(N)=NO. The Kier molecular flexibility index (Phi) is 3.85. The van der Waals surface area contributed by atoms with Crippen LogP contribution < -0.4 is 11.1 Å². The van der Waals surface area contributed by atoms with Gasteiger partial charge in [0.2, 0.25) is 5.91 Å². The zero-order chi connectivity index (χ0) is 13.9. The van der Waals surface area contributed by atoms with Crippen LogP contribution in [0.4, 0.5) is 14.5 Å². The fourth-order valence-corrected chi connectivity index (χ4v) is 1.13. The Morgan fingerprint density at radius 1 is 1.39 bits per heavy atom.